The van der Waals surface area contributed by atoms with Gasteiger partial charge in [0, 0.05) is 43.8 Å². The zero-order valence-corrected chi connectivity index (χ0v) is 11.9. The zero-order chi connectivity index (χ0) is 14.7. The monoisotopic (exact) mass is 304 g/mol. The number of halogens is 1. The van der Waals surface area contributed by atoms with E-state index in [1.54, 1.807) is 17.2 Å². The lowest BCUT2D eigenvalue weighted by Gasteiger charge is -2.17. The van der Waals surface area contributed by atoms with Gasteiger partial charge < -0.3 is 9.64 Å². The van der Waals surface area contributed by atoms with Crippen molar-refractivity contribution in [2.45, 2.75) is 12.5 Å². The van der Waals surface area contributed by atoms with Gasteiger partial charge in [-0.3, -0.25) is 14.8 Å². The van der Waals surface area contributed by atoms with Crippen LogP contribution in [0.25, 0.3) is 0 Å². The van der Waals surface area contributed by atoms with Gasteiger partial charge in [-0.15, -0.1) is 0 Å². The fourth-order valence-electron chi connectivity index (χ4n) is 2.22. The van der Waals surface area contributed by atoms with E-state index in [4.69, 9.17) is 16.3 Å². The van der Waals surface area contributed by atoms with Gasteiger partial charge in [0.25, 0.3) is 5.91 Å². The molecule has 2 aromatic rings. The van der Waals surface area contributed by atoms with Crippen molar-refractivity contribution < 1.29 is 9.53 Å². The number of pyridine rings is 1. The fraction of sp³-hybridized carbons (Fsp3) is 0.286. The number of rotatable bonds is 3. The third-order valence-electron chi connectivity index (χ3n) is 3.24. The molecule has 0 aliphatic carbocycles. The minimum absolute atomic E-state index is 0.0782. The number of likely N-dealkylation sites (tertiary alicyclic amines) is 1. The molecule has 0 spiro atoms. The molecule has 21 heavy (non-hydrogen) atoms. The van der Waals surface area contributed by atoms with E-state index in [0.717, 1.165) is 6.42 Å². The molecule has 1 aliphatic rings. The van der Waals surface area contributed by atoms with Crippen molar-refractivity contribution in [3.63, 3.8) is 0 Å². The third kappa shape index (κ3) is 3.11. The maximum Gasteiger partial charge on any atom is 0.274 e. The molecular formula is C14H13ClN4O2. The van der Waals surface area contributed by atoms with E-state index in [0.29, 0.717) is 29.6 Å². The first-order valence-electron chi connectivity index (χ1n) is 6.55. The van der Waals surface area contributed by atoms with Gasteiger partial charge in [-0.05, 0) is 0 Å². The number of hydrogen-bond donors (Lipinski definition) is 0. The summed E-state index contributed by atoms with van der Waals surface area (Å²) in [5, 5.41) is 0.469. The maximum atomic E-state index is 12.2. The molecule has 0 aromatic carbocycles. The van der Waals surface area contributed by atoms with Crippen LogP contribution in [0.15, 0.2) is 37.1 Å². The summed E-state index contributed by atoms with van der Waals surface area (Å²) in [6, 6.07) is 1.72. The minimum Gasteiger partial charge on any atom is -0.487 e. The second kappa shape index (κ2) is 6.05. The van der Waals surface area contributed by atoms with Crippen molar-refractivity contribution in [1.82, 2.24) is 19.9 Å². The molecule has 1 amide bonds. The number of carbonyl (C=O) groups excluding carboxylic acids is 1. The Morgan fingerprint density at radius 1 is 1.29 bits per heavy atom. The number of carbonyl (C=O) groups is 1. The van der Waals surface area contributed by atoms with Crippen molar-refractivity contribution in [1.29, 1.82) is 0 Å². The maximum absolute atomic E-state index is 12.2. The van der Waals surface area contributed by atoms with Gasteiger partial charge in [-0.1, -0.05) is 11.6 Å². The van der Waals surface area contributed by atoms with Crippen molar-refractivity contribution in [2.75, 3.05) is 13.1 Å². The van der Waals surface area contributed by atoms with Gasteiger partial charge in [0.1, 0.15) is 22.6 Å². The van der Waals surface area contributed by atoms with Gasteiger partial charge in [0.2, 0.25) is 0 Å². The van der Waals surface area contributed by atoms with Crippen molar-refractivity contribution >= 4 is 17.5 Å². The van der Waals surface area contributed by atoms with E-state index in [1.165, 1.54) is 24.8 Å². The van der Waals surface area contributed by atoms with Crippen LogP contribution in [0.3, 0.4) is 0 Å². The van der Waals surface area contributed by atoms with Gasteiger partial charge in [-0.25, -0.2) is 4.98 Å². The predicted molar refractivity (Wildman–Crippen MR) is 76.2 cm³/mol. The van der Waals surface area contributed by atoms with Crippen molar-refractivity contribution in [3.05, 3.63) is 47.8 Å². The van der Waals surface area contributed by atoms with Crippen LogP contribution in [-0.2, 0) is 0 Å². The van der Waals surface area contributed by atoms with Crippen LogP contribution in [-0.4, -0.2) is 45.0 Å². The Balaban J connectivity index is 1.63. The lowest BCUT2D eigenvalue weighted by Crippen LogP contribution is -2.31. The average molecular weight is 305 g/mol. The lowest BCUT2D eigenvalue weighted by molar-refractivity contribution is 0.0766. The van der Waals surface area contributed by atoms with Crippen LogP contribution >= 0.6 is 11.6 Å². The first-order valence-corrected chi connectivity index (χ1v) is 6.93. The summed E-state index contributed by atoms with van der Waals surface area (Å²) < 4.78 is 5.82. The minimum atomic E-state index is -0.130. The molecule has 1 saturated heterocycles. The second-order valence-corrected chi connectivity index (χ2v) is 5.08. The van der Waals surface area contributed by atoms with Gasteiger partial charge in [0.15, 0.2) is 0 Å². The molecule has 0 bridgehead atoms. The number of hydrogen-bond acceptors (Lipinski definition) is 5. The Bertz CT molecular complexity index is 638. The highest BCUT2D eigenvalue weighted by molar-refractivity contribution is 6.31. The summed E-state index contributed by atoms with van der Waals surface area (Å²) in [7, 11) is 0. The molecule has 6 nitrogen and oxygen atoms in total. The Kier molecular flexibility index (Phi) is 3.96. The summed E-state index contributed by atoms with van der Waals surface area (Å²) in [4.78, 5) is 25.8. The standard InChI is InChI=1S/C14H13ClN4O2/c15-11-7-16-3-1-13(11)21-10-2-6-19(9-10)14(20)12-8-17-4-5-18-12/h1,3-5,7-8,10H,2,6,9H2. The number of aromatic nitrogens is 3. The first-order chi connectivity index (χ1) is 10.2. The first kappa shape index (κ1) is 13.8. The summed E-state index contributed by atoms with van der Waals surface area (Å²) >= 11 is 6.01. The van der Waals surface area contributed by atoms with Gasteiger partial charge >= 0.3 is 0 Å². The largest absolute Gasteiger partial charge is 0.487 e. The van der Waals surface area contributed by atoms with E-state index < -0.39 is 0 Å². The number of nitrogens with zero attached hydrogens (tertiary/aromatic N) is 4. The highest BCUT2D eigenvalue weighted by Crippen LogP contribution is 2.25. The second-order valence-electron chi connectivity index (χ2n) is 4.68. The lowest BCUT2D eigenvalue weighted by atomic mass is 10.3. The third-order valence-corrected chi connectivity index (χ3v) is 3.53. The van der Waals surface area contributed by atoms with Gasteiger partial charge in [-0.2, -0.15) is 0 Å². The Labute approximate surface area is 126 Å². The molecule has 1 atom stereocenters. The Hall–Kier alpha value is -2.21. The highest BCUT2D eigenvalue weighted by Gasteiger charge is 2.29. The smallest absolute Gasteiger partial charge is 0.274 e. The molecular weight excluding hydrogens is 292 g/mol. The van der Waals surface area contributed by atoms with E-state index in [9.17, 15) is 4.79 Å². The van der Waals surface area contributed by atoms with Crippen LogP contribution in [0.5, 0.6) is 5.75 Å². The molecule has 7 heteroatoms. The quantitative estimate of drug-likeness (QED) is 0.865. The summed E-state index contributed by atoms with van der Waals surface area (Å²) in [6.07, 6.45) is 8.35. The molecule has 0 radical (unpaired) electrons. The number of ether oxygens (including phenoxy) is 1. The van der Waals surface area contributed by atoms with Crippen molar-refractivity contribution in [3.8, 4) is 5.75 Å². The molecule has 0 saturated carbocycles. The highest BCUT2D eigenvalue weighted by atomic mass is 35.5. The zero-order valence-electron chi connectivity index (χ0n) is 11.1. The SMILES string of the molecule is O=C(c1cnccn1)N1CCC(Oc2ccncc2Cl)C1. The molecule has 1 unspecified atom stereocenters. The molecule has 1 aliphatic heterocycles. The molecule has 3 heterocycles. The van der Waals surface area contributed by atoms with Crippen molar-refractivity contribution in [2.24, 2.45) is 0 Å². The summed E-state index contributed by atoms with van der Waals surface area (Å²) in [5.41, 5.74) is 0.347. The fourth-order valence-corrected chi connectivity index (χ4v) is 2.38. The predicted octanol–water partition coefficient (Wildman–Crippen LogP) is 1.82. The van der Waals surface area contributed by atoms with E-state index in [2.05, 4.69) is 15.0 Å². The Morgan fingerprint density at radius 2 is 2.14 bits per heavy atom. The van der Waals surface area contributed by atoms with Crippen LogP contribution < -0.4 is 4.74 Å². The van der Waals surface area contributed by atoms with Crippen LogP contribution in [0, 0.1) is 0 Å². The Morgan fingerprint density at radius 3 is 2.90 bits per heavy atom. The summed E-state index contributed by atoms with van der Waals surface area (Å²) in [6.45, 7) is 1.14. The van der Waals surface area contributed by atoms with E-state index >= 15 is 0 Å². The molecule has 108 valence electrons. The number of amides is 1. The normalized spacial score (nSPS) is 17.8. The molecule has 1 fully saturated rings. The van der Waals surface area contributed by atoms with Crippen LogP contribution in [0.1, 0.15) is 16.9 Å². The van der Waals surface area contributed by atoms with E-state index in [1.807, 2.05) is 0 Å². The molecule has 3 rings (SSSR count). The topological polar surface area (TPSA) is 68.2 Å². The summed E-state index contributed by atoms with van der Waals surface area (Å²) in [5.74, 6) is 0.459. The van der Waals surface area contributed by atoms with Crippen LogP contribution in [0.4, 0.5) is 0 Å². The molecule has 0 N–H and O–H groups in total. The average Bonchev–Trinajstić information content (AvgIpc) is 2.98. The van der Waals surface area contributed by atoms with Crippen LogP contribution in [0.2, 0.25) is 5.02 Å². The molecule has 2 aromatic heterocycles. The van der Waals surface area contributed by atoms with Gasteiger partial charge in [0.05, 0.1) is 12.7 Å². The van der Waals surface area contributed by atoms with E-state index in [-0.39, 0.29) is 12.0 Å².